The minimum Gasteiger partial charge on any atom is -0.338 e. The molecule has 2 N–H and O–H groups in total. The van der Waals surface area contributed by atoms with Gasteiger partial charge in [-0.3, -0.25) is 9.69 Å². The number of hydrogen-bond acceptors (Lipinski definition) is 3. The van der Waals surface area contributed by atoms with Gasteiger partial charge < -0.3 is 10.6 Å². The van der Waals surface area contributed by atoms with Crippen LogP contribution in [0.3, 0.4) is 0 Å². The van der Waals surface area contributed by atoms with E-state index in [4.69, 9.17) is 5.73 Å². The molecule has 0 aromatic heterocycles. The summed E-state index contributed by atoms with van der Waals surface area (Å²) in [5, 5.41) is 0. The summed E-state index contributed by atoms with van der Waals surface area (Å²) in [6.45, 7) is 6.92. The van der Waals surface area contributed by atoms with Crippen molar-refractivity contribution in [1.82, 2.24) is 9.80 Å². The number of amides is 1. The molecule has 1 amide bonds. The molecule has 1 saturated heterocycles. The Labute approximate surface area is 104 Å². The molecule has 2 rings (SSSR count). The zero-order valence-corrected chi connectivity index (χ0v) is 11.3. The predicted molar refractivity (Wildman–Crippen MR) is 68.7 cm³/mol. The number of carbonyl (C=O) groups excluding carboxylic acids is 1. The van der Waals surface area contributed by atoms with E-state index in [1.54, 1.807) is 0 Å². The van der Waals surface area contributed by atoms with Crippen molar-refractivity contribution in [3.8, 4) is 0 Å². The molecule has 4 nitrogen and oxygen atoms in total. The van der Waals surface area contributed by atoms with Crippen LogP contribution in [-0.2, 0) is 4.79 Å². The van der Waals surface area contributed by atoms with Crippen LogP contribution >= 0.6 is 0 Å². The highest BCUT2D eigenvalue weighted by Crippen LogP contribution is 2.30. The van der Waals surface area contributed by atoms with Crippen LogP contribution in [-0.4, -0.2) is 53.5 Å². The lowest BCUT2D eigenvalue weighted by atomic mass is 9.93. The summed E-state index contributed by atoms with van der Waals surface area (Å²) in [6, 6.07) is 0. The molecule has 0 aromatic carbocycles. The Kier molecular flexibility index (Phi) is 3.21. The fourth-order valence-corrected chi connectivity index (χ4v) is 2.95. The van der Waals surface area contributed by atoms with E-state index in [-0.39, 0.29) is 11.4 Å². The van der Waals surface area contributed by atoms with Gasteiger partial charge in [-0.05, 0) is 33.7 Å². The summed E-state index contributed by atoms with van der Waals surface area (Å²) in [5.74, 6) is 0.177. The maximum absolute atomic E-state index is 12.5. The van der Waals surface area contributed by atoms with Crippen LogP contribution in [0.5, 0.6) is 0 Å². The molecule has 0 spiro atoms. The Bertz CT molecular complexity index is 308. The van der Waals surface area contributed by atoms with Crippen molar-refractivity contribution in [2.24, 2.45) is 5.73 Å². The smallest absolute Gasteiger partial charge is 0.242 e. The standard InChI is InChI=1S/C13H25N3O/c1-12(2)10-16(9-8-15(12)3)11(17)13(14)6-4-5-7-13/h4-10,14H2,1-3H3. The summed E-state index contributed by atoms with van der Waals surface area (Å²) in [6.07, 6.45) is 3.91. The molecule has 2 fully saturated rings. The first kappa shape index (κ1) is 12.8. The lowest BCUT2D eigenvalue weighted by Crippen LogP contribution is -2.63. The van der Waals surface area contributed by atoms with Gasteiger partial charge in [0, 0.05) is 25.2 Å². The molecular weight excluding hydrogens is 214 g/mol. The molecule has 4 heteroatoms. The fourth-order valence-electron chi connectivity index (χ4n) is 2.95. The van der Waals surface area contributed by atoms with E-state index in [0.29, 0.717) is 0 Å². The maximum atomic E-state index is 12.5. The summed E-state index contributed by atoms with van der Waals surface area (Å²) in [4.78, 5) is 16.8. The van der Waals surface area contributed by atoms with Gasteiger partial charge >= 0.3 is 0 Å². The molecule has 0 atom stereocenters. The van der Waals surface area contributed by atoms with Crippen LogP contribution in [0.4, 0.5) is 0 Å². The quantitative estimate of drug-likeness (QED) is 0.737. The van der Waals surface area contributed by atoms with E-state index in [0.717, 1.165) is 45.3 Å². The van der Waals surface area contributed by atoms with E-state index in [1.165, 1.54) is 0 Å². The van der Waals surface area contributed by atoms with Gasteiger partial charge in [0.15, 0.2) is 0 Å². The number of likely N-dealkylation sites (N-methyl/N-ethyl adjacent to an activating group) is 1. The van der Waals surface area contributed by atoms with Gasteiger partial charge in [0.25, 0.3) is 0 Å². The van der Waals surface area contributed by atoms with Crippen molar-refractivity contribution < 1.29 is 4.79 Å². The molecule has 2 aliphatic rings. The fraction of sp³-hybridized carbons (Fsp3) is 0.923. The molecule has 0 radical (unpaired) electrons. The highest BCUT2D eigenvalue weighted by atomic mass is 16.2. The van der Waals surface area contributed by atoms with Crippen molar-refractivity contribution >= 4 is 5.91 Å². The molecule has 0 bridgehead atoms. The van der Waals surface area contributed by atoms with Crippen LogP contribution in [0.15, 0.2) is 0 Å². The number of rotatable bonds is 1. The average molecular weight is 239 g/mol. The van der Waals surface area contributed by atoms with Crippen molar-refractivity contribution in [1.29, 1.82) is 0 Å². The molecular formula is C13H25N3O. The Morgan fingerprint density at radius 2 is 1.76 bits per heavy atom. The molecule has 17 heavy (non-hydrogen) atoms. The number of nitrogens with two attached hydrogens (primary N) is 1. The van der Waals surface area contributed by atoms with Crippen LogP contribution in [0.2, 0.25) is 0 Å². The Morgan fingerprint density at radius 1 is 1.18 bits per heavy atom. The number of hydrogen-bond donors (Lipinski definition) is 1. The van der Waals surface area contributed by atoms with E-state index in [2.05, 4.69) is 25.8 Å². The van der Waals surface area contributed by atoms with Gasteiger partial charge in [0.1, 0.15) is 0 Å². The zero-order chi connectivity index (χ0) is 12.7. The van der Waals surface area contributed by atoms with Gasteiger partial charge in [-0.1, -0.05) is 12.8 Å². The summed E-state index contributed by atoms with van der Waals surface area (Å²) in [5.41, 5.74) is 5.75. The van der Waals surface area contributed by atoms with Crippen LogP contribution in [0.25, 0.3) is 0 Å². The second kappa shape index (κ2) is 4.25. The highest BCUT2D eigenvalue weighted by molar-refractivity contribution is 5.86. The normalized spacial score (nSPS) is 28.4. The van der Waals surface area contributed by atoms with E-state index in [1.807, 2.05) is 4.90 Å². The minimum absolute atomic E-state index is 0.0584. The number of carbonyl (C=O) groups is 1. The van der Waals surface area contributed by atoms with Gasteiger partial charge in [-0.15, -0.1) is 0 Å². The van der Waals surface area contributed by atoms with Crippen molar-refractivity contribution in [3.63, 3.8) is 0 Å². The first-order valence-corrected chi connectivity index (χ1v) is 6.65. The van der Waals surface area contributed by atoms with E-state index in [9.17, 15) is 4.79 Å². The molecule has 0 aromatic rings. The lowest BCUT2D eigenvalue weighted by Gasteiger charge is -2.47. The first-order valence-electron chi connectivity index (χ1n) is 6.65. The monoisotopic (exact) mass is 239 g/mol. The van der Waals surface area contributed by atoms with Crippen LogP contribution < -0.4 is 5.73 Å². The Hall–Kier alpha value is -0.610. The summed E-state index contributed by atoms with van der Waals surface area (Å²) >= 11 is 0. The summed E-state index contributed by atoms with van der Waals surface area (Å²) in [7, 11) is 2.12. The second-order valence-electron chi connectivity index (χ2n) is 6.32. The highest BCUT2D eigenvalue weighted by Gasteiger charge is 2.43. The van der Waals surface area contributed by atoms with Crippen LogP contribution in [0, 0.1) is 0 Å². The van der Waals surface area contributed by atoms with Gasteiger partial charge in [-0.2, -0.15) is 0 Å². The SMILES string of the molecule is CN1CCN(C(=O)C2(N)CCCC2)CC1(C)C. The molecule has 1 saturated carbocycles. The average Bonchev–Trinajstić information content (AvgIpc) is 2.69. The molecule has 1 heterocycles. The van der Waals surface area contributed by atoms with Gasteiger partial charge in [0.05, 0.1) is 5.54 Å². The molecule has 1 aliphatic heterocycles. The summed E-state index contributed by atoms with van der Waals surface area (Å²) < 4.78 is 0. The van der Waals surface area contributed by atoms with E-state index >= 15 is 0 Å². The Morgan fingerprint density at radius 3 is 2.29 bits per heavy atom. The third-order valence-electron chi connectivity index (χ3n) is 4.53. The van der Waals surface area contributed by atoms with Crippen molar-refractivity contribution in [3.05, 3.63) is 0 Å². The number of nitrogens with zero attached hydrogens (tertiary/aromatic N) is 2. The van der Waals surface area contributed by atoms with Crippen LogP contribution in [0.1, 0.15) is 39.5 Å². The number of piperazine rings is 1. The maximum Gasteiger partial charge on any atom is 0.242 e. The zero-order valence-electron chi connectivity index (χ0n) is 11.3. The minimum atomic E-state index is -0.564. The van der Waals surface area contributed by atoms with Gasteiger partial charge in [-0.25, -0.2) is 0 Å². The third-order valence-corrected chi connectivity index (χ3v) is 4.53. The van der Waals surface area contributed by atoms with Crippen molar-refractivity contribution in [2.45, 2.75) is 50.6 Å². The van der Waals surface area contributed by atoms with Crippen molar-refractivity contribution in [2.75, 3.05) is 26.7 Å². The van der Waals surface area contributed by atoms with Gasteiger partial charge in [0.2, 0.25) is 5.91 Å². The molecule has 0 unspecified atom stereocenters. The Balaban J connectivity index is 2.06. The largest absolute Gasteiger partial charge is 0.338 e. The lowest BCUT2D eigenvalue weighted by molar-refractivity contribution is -0.141. The molecule has 98 valence electrons. The second-order valence-corrected chi connectivity index (χ2v) is 6.32. The topological polar surface area (TPSA) is 49.6 Å². The predicted octanol–water partition coefficient (Wildman–Crippen LogP) is 0.811. The third kappa shape index (κ3) is 2.33. The molecule has 1 aliphatic carbocycles. The first-order chi connectivity index (χ1) is 7.85. The van der Waals surface area contributed by atoms with E-state index < -0.39 is 5.54 Å².